The molecule has 1 aromatic carbocycles. The average Bonchev–Trinajstić information content (AvgIpc) is 3.09. The summed E-state index contributed by atoms with van der Waals surface area (Å²) in [6.07, 6.45) is 2.62. The molecule has 1 heterocycles. The van der Waals surface area contributed by atoms with Crippen LogP contribution in [-0.4, -0.2) is 36.1 Å². The zero-order chi connectivity index (χ0) is 12.8. The standard InChI is InChI=1S/C15H21FN2/c1-12(2)18-10-9-17(11-15(18)7-8-15)14-5-3-13(16)4-6-14/h3-6,12H,7-11H2,1-2H3. The maximum absolute atomic E-state index is 13.0. The van der Waals surface area contributed by atoms with E-state index in [9.17, 15) is 4.39 Å². The van der Waals surface area contributed by atoms with Gasteiger partial charge < -0.3 is 4.90 Å². The second-order valence-electron chi connectivity index (χ2n) is 5.91. The number of anilines is 1. The Labute approximate surface area is 108 Å². The molecule has 1 aliphatic heterocycles. The van der Waals surface area contributed by atoms with E-state index in [0.717, 1.165) is 25.3 Å². The molecular weight excluding hydrogens is 227 g/mol. The van der Waals surface area contributed by atoms with E-state index in [4.69, 9.17) is 0 Å². The van der Waals surface area contributed by atoms with Crippen molar-refractivity contribution in [1.29, 1.82) is 0 Å². The predicted octanol–water partition coefficient (Wildman–Crippen LogP) is 2.89. The molecule has 2 aliphatic rings. The Bertz CT molecular complexity index is 423. The van der Waals surface area contributed by atoms with Crippen molar-refractivity contribution >= 4 is 5.69 Å². The van der Waals surface area contributed by atoms with Gasteiger partial charge in [-0.2, -0.15) is 0 Å². The number of nitrogens with zero attached hydrogens (tertiary/aromatic N) is 2. The molecule has 0 amide bonds. The second-order valence-corrected chi connectivity index (χ2v) is 5.91. The lowest BCUT2D eigenvalue weighted by Gasteiger charge is -2.45. The molecule has 3 rings (SSSR count). The minimum atomic E-state index is -0.152. The first-order valence-corrected chi connectivity index (χ1v) is 6.88. The lowest BCUT2D eigenvalue weighted by atomic mass is 10.1. The maximum Gasteiger partial charge on any atom is 0.123 e. The van der Waals surface area contributed by atoms with E-state index < -0.39 is 0 Å². The maximum atomic E-state index is 13.0. The van der Waals surface area contributed by atoms with Crippen LogP contribution in [0, 0.1) is 5.82 Å². The molecule has 98 valence electrons. The van der Waals surface area contributed by atoms with Gasteiger partial charge in [-0.15, -0.1) is 0 Å². The highest BCUT2D eigenvalue weighted by molar-refractivity contribution is 5.48. The molecule has 1 saturated heterocycles. The normalized spacial score (nSPS) is 22.8. The highest BCUT2D eigenvalue weighted by atomic mass is 19.1. The molecule has 1 aromatic rings. The van der Waals surface area contributed by atoms with Gasteiger partial charge in [0.1, 0.15) is 5.82 Å². The monoisotopic (exact) mass is 248 g/mol. The van der Waals surface area contributed by atoms with Gasteiger partial charge in [-0.3, -0.25) is 4.90 Å². The molecule has 0 unspecified atom stereocenters. The van der Waals surface area contributed by atoms with E-state index in [1.54, 1.807) is 12.1 Å². The number of piperazine rings is 1. The van der Waals surface area contributed by atoms with Crippen LogP contribution in [0.3, 0.4) is 0 Å². The summed E-state index contributed by atoms with van der Waals surface area (Å²) < 4.78 is 13.0. The molecule has 1 aliphatic carbocycles. The van der Waals surface area contributed by atoms with Gasteiger partial charge in [-0.1, -0.05) is 0 Å². The van der Waals surface area contributed by atoms with E-state index >= 15 is 0 Å². The highest BCUT2D eigenvalue weighted by Gasteiger charge is 2.51. The predicted molar refractivity (Wildman–Crippen MR) is 72.4 cm³/mol. The summed E-state index contributed by atoms with van der Waals surface area (Å²) in [5.41, 5.74) is 1.56. The molecule has 0 atom stereocenters. The largest absolute Gasteiger partial charge is 0.368 e. The van der Waals surface area contributed by atoms with Crippen molar-refractivity contribution in [1.82, 2.24) is 4.90 Å². The van der Waals surface area contributed by atoms with Gasteiger partial charge >= 0.3 is 0 Å². The first kappa shape index (κ1) is 12.0. The lowest BCUT2D eigenvalue weighted by molar-refractivity contribution is 0.119. The molecule has 3 heteroatoms. The van der Waals surface area contributed by atoms with Crippen molar-refractivity contribution in [3.05, 3.63) is 30.1 Å². The number of hydrogen-bond acceptors (Lipinski definition) is 2. The summed E-state index contributed by atoms with van der Waals surface area (Å²) in [5.74, 6) is -0.152. The Morgan fingerprint density at radius 2 is 1.78 bits per heavy atom. The van der Waals surface area contributed by atoms with Crippen LogP contribution in [0.2, 0.25) is 0 Å². The molecule has 2 nitrogen and oxygen atoms in total. The zero-order valence-corrected chi connectivity index (χ0v) is 11.2. The third-order valence-electron chi connectivity index (χ3n) is 4.35. The summed E-state index contributed by atoms with van der Waals surface area (Å²) in [6.45, 7) is 7.83. The fourth-order valence-electron chi connectivity index (χ4n) is 3.26. The first-order valence-electron chi connectivity index (χ1n) is 6.88. The van der Waals surface area contributed by atoms with Crippen molar-refractivity contribution in [3.63, 3.8) is 0 Å². The van der Waals surface area contributed by atoms with E-state index in [0.29, 0.717) is 11.6 Å². The van der Waals surface area contributed by atoms with Crippen molar-refractivity contribution in [2.75, 3.05) is 24.5 Å². The van der Waals surface area contributed by atoms with Gasteiger partial charge in [0, 0.05) is 36.9 Å². The summed E-state index contributed by atoms with van der Waals surface area (Å²) in [4.78, 5) is 5.05. The molecular formula is C15H21FN2. The lowest BCUT2D eigenvalue weighted by Crippen LogP contribution is -2.57. The zero-order valence-electron chi connectivity index (χ0n) is 11.2. The topological polar surface area (TPSA) is 6.48 Å². The van der Waals surface area contributed by atoms with E-state index in [1.807, 2.05) is 12.1 Å². The highest BCUT2D eigenvalue weighted by Crippen LogP contribution is 2.45. The number of rotatable bonds is 2. The average molecular weight is 248 g/mol. The number of hydrogen-bond donors (Lipinski definition) is 0. The molecule has 0 aromatic heterocycles. The van der Waals surface area contributed by atoms with Crippen molar-refractivity contribution < 1.29 is 4.39 Å². The molecule has 18 heavy (non-hydrogen) atoms. The number of benzene rings is 1. The smallest absolute Gasteiger partial charge is 0.123 e. The summed E-state index contributed by atoms with van der Waals surface area (Å²) in [6, 6.07) is 7.54. The summed E-state index contributed by atoms with van der Waals surface area (Å²) >= 11 is 0. The van der Waals surface area contributed by atoms with Crippen LogP contribution in [0.1, 0.15) is 26.7 Å². The van der Waals surface area contributed by atoms with Gasteiger partial charge in [-0.05, 0) is 51.0 Å². The molecule has 0 N–H and O–H groups in total. The van der Waals surface area contributed by atoms with Crippen LogP contribution in [0.5, 0.6) is 0 Å². The summed E-state index contributed by atoms with van der Waals surface area (Å²) in [5, 5.41) is 0. The van der Waals surface area contributed by atoms with E-state index in [1.165, 1.54) is 12.8 Å². The molecule has 1 spiro atoms. The van der Waals surface area contributed by atoms with Gasteiger partial charge in [0.25, 0.3) is 0 Å². The summed E-state index contributed by atoms with van der Waals surface area (Å²) in [7, 11) is 0. The Morgan fingerprint density at radius 1 is 1.11 bits per heavy atom. The quantitative estimate of drug-likeness (QED) is 0.794. The minimum absolute atomic E-state index is 0.152. The minimum Gasteiger partial charge on any atom is -0.368 e. The molecule has 0 bridgehead atoms. The van der Waals surface area contributed by atoms with Crippen LogP contribution < -0.4 is 4.90 Å². The first-order chi connectivity index (χ1) is 8.61. The van der Waals surface area contributed by atoms with Crippen LogP contribution in [-0.2, 0) is 0 Å². The Balaban J connectivity index is 1.76. The second kappa shape index (κ2) is 4.23. The van der Waals surface area contributed by atoms with E-state index in [2.05, 4.69) is 23.6 Å². The Morgan fingerprint density at radius 3 is 2.33 bits per heavy atom. The van der Waals surface area contributed by atoms with Crippen LogP contribution in [0.25, 0.3) is 0 Å². The fraction of sp³-hybridized carbons (Fsp3) is 0.600. The van der Waals surface area contributed by atoms with Crippen molar-refractivity contribution in [2.24, 2.45) is 0 Å². The Hall–Kier alpha value is -1.09. The van der Waals surface area contributed by atoms with Gasteiger partial charge in [-0.25, -0.2) is 4.39 Å². The molecule has 0 radical (unpaired) electrons. The Kier molecular flexibility index (Phi) is 2.81. The van der Waals surface area contributed by atoms with Gasteiger partial charge in [0.15, 0.2) is 0 Å². The third kappa shape index (κ3) is 2.01. The van der Waals surface area contributed by atoms with Crippen molar-refractivity contribution in [3.8, 4) is 0 Å². The van der Waals surface area contributed by atoms with Crippen LogP contribution in [0.4, 0.5) is 10.1 Å². The fourth-order valence-corrected chi connectivity index (χ4v) is 3.26. The SMILES string of the molecule is CC(C)N1CCN(c2ccc(F)cc2)CC12CC2. The van der Waals surface area contributed by atoms with Crippen LogP contribution >= 0.6 is 0 Å². The van der Waals surface area contributed by atoms with Gasteiger partial charge in [0.2, 0.25) is 0 Å². The van der Waals surface area contributed by atoms with Crippen LogP contribution in [0.15, 0.2) is 24.3 Å². The van der Waals surface area contributed by atoms with E-state index in [-0.39, 0.29) is 5.82 Å². The van der Waals surface area contributed by atoms with Gasteiger partial charge in [0.05, 0.1) is 0 Å². The third-order valence-corrected chi connectivity index (χ3v) is 4.35. The van der Waals surface area contributed by atoms with Crippen molar-refractivity contribution in [2.45, 2.75) is 38.3 Å². The number of halogens is 1. The molecule has 2 fully saturated rings. The molecule has 1 saturated carbocycles.